The fourth-order valence-electron chi connectivity index (χ4n) is 1.34. The number of benzene rings is 1. The van der Waals surface area contributed by atoms with Gasteiger partial charge in [0.15, 0.2) is 0 Å². The zero-order chi connectivity index (χ0) is 17.7. The molecule has 0 spiro atoms. The lowest BCUT2D eigenvalue weighted by atomic mass is 10.2. The molecule has 3 N–H and O–H groups in total. The molecule has 8 nitrogen and oxygen atoms in total. The van der Waals surface area contributed by atoms with Gasteiger partial charge in [-0.05, 0) is 24.6 Å². The Hall–Kier alpha value is -2.01. The Kier molecular flexibility index (Phi) is 8.00. The van der Waals surface area contributed by atoms with Gasteiger partial charge in [-0.3, -0.25) is 0 Å². The fourth-order valence-corrected chi connectivity index (χ4v) is 3.78. The third-order valence-corrected chi connectivity index (χ3v) is 5.57. The monoisotopic (exact) mass is 377 g/mol. The van der Waals surface area contributed by atoms with Crippen molar-refractivity contribution in [3.8, 4) is 0 Å². The topological polar surface area (TPSA) is 139 Å². The molecule has 1 rings (SSSR count). The number of hydrogen-bond acceptors (Lipinski definition) is 8. The van der Waals surface area contributed by atoms with Crippen molar-refractivity contribution in [2.75, 3.05) is 12.4 Å². The van der Waals surface area contributed by atoms with E-state index in [1.807, 2.05) is 0 Å². The van der Waals surface area contributed by atoms with Crippen molar-refractivity contribution < 1.29 is 30.0 Å². The van der Waals surface area contributed by atoms with Crippen LogP contribution in [0.4, 0.5) is 0 Å². The second-order valence-corrected chi connectivity index (χ2v) is 7.92. The van der Waals surface area contributed by atoms with E-state index in [0.717, 1.165) is 0 Å². The summed E-state index contributed by atoms with van der Waals surface area (Å²) < 4.78 is 56.0. The second kappa shape index (κ2) is 8.73. The van der Waals surface area contributed by atoms with Crippen LogP contribution in [-0.4, -0.2) is 35.2 Å². The fraction of sp³-hybridized carbons (Fsp3) is 0.214. The molecule has 0 aliphatic carbocycles. The predicted octanol–water partition coefficient (Wildman–Crippen LogP) is 1.65. The number of hydrogen-bond donors (Lipinski definition) is 1. The van der Waals surface area contributed by atoms with Crippen molar-refractivity contribution >= 4 is 32.3 Å². The van der Waals surface area contributed by atoms with Gasteiger partial charge in [0, 0.05) is 5.57 Å². The van der Waals surface area contributed by atoms with Gasteiger partial charge in [-0.1, -0.05) is 31.4 Å². The minimum Gasteiger partial charge on any atom is -0.461 e. The molecule has 0 aliphatic heterocycles. The van der Waals surface area contributed by atoms with Crippen molar-refractivity contribution in [1.82, 2.24) is 6.15 Å². The average Bonchev–Trinajstić information content (AvgIpc) is 2.45. The summed E-state index contributed by atoms with van der Waals surface area (Å²) >= 11 is 0. The normalized spacial score (nSPS) is 11.2. The molecule has 0 bridgehead atoms. The maximum Gasteiger partial charge on any atom is 0.333 e. The molecule has 0 saturated carbocycles. The maximum atomic E-state index is 11.9. The number of rotatable bonds is 8. The van der Waals surface area contributed by atoms with E-state index in [4.69, 9.17) is 0 Å². The molecule has 134 valence electrons. The van der Waals surface area contributed by atoms with Crippen LogP contribution in [0.1, 0.15) is 12.5 Å². The van der Waals surface area contributed by atoms with E-state index in [2.05, 4.69) is 21.5 Å². The van der Waals surface area contributed by atoms with Crippen molar-refractivity contribution in [1.29, 1.82) is 0 Å². The van der Waals surface area contributed by atoms with E-state index < -0.39 is 38.6 Å². The lowest BCUT2D eigenvalue weighted by Gasteiger charge is -2.07. The smallest absolute Gasteiger partial charge is 0.333 e. The minimum absolute atomic E-state index is 0. The quantitative estimate of drug-likeness (QED) is 0.533. The van der Waals surface area contributed by atoms with Crippen LogP contribution in [0.25, 0.3) is 6.08 Å². The Bertz CT molecular complexity index is 809. The van der Waals surface area contributed by atoms with Gasteiger partial charge < -0.3 is 10.9 Å². The van der Waals surface area contributed by atoms with Gasteiger partial charge in [0.2, 0.25) is 0 Å². The Labute approximate surface area is 141 Å². The van der Waals surface area contributed by atoms with Crippen molar-refractivity contribution in [3.05, 3.63) is 48.6 Å². The molecule has 1 aromatic rings. The molecule has 0 aliphatic rings. The lowest BCUT2D eigenvalue weighted by molar-refractivity contribution is -0.138. The average molecular weight is 377 g/mol. The molecule has 0 radical (unpaired) electrons. The summed E-state index contributed by atoms with van der Waals surface area (Å²) in [6, 6.07) is 5.29. The Balaban J connectivity index is 0.00000529. The van der Waals surface area contributed by atoms with Gasteiger partial charge in [0.1, 0.15) is 12.4 Å². The van der Waals surface area contributed by atoms with E-state index in [1.54, 1.807) is 0 Å². The largest absolute Gasteiger partial charge is 0.461 e. The molecule has 0 saturated heterocycles. The third-order valence-electron chi connectivity index (χ3n) is 2.51. The molecule has 0 atom stereocenters. The van der Waals surface area contributed by atoms with Crippen LogP contribution < -0.4 is 6.15 Å². The van der Waals surface area contributed by atoms with Crippen LogP contribution >= 0.6 is 0 Å². The van der Waals surface area contributed by atoms with Gasteiger partial charge in [0.25, 0.3) is 10.1 Å². The van der Waals surface area contributed by atoms with E-state index in [1.165, 1.54) is 37.3 Å². The van der Waals surface area contributed by atoms with Gasteiger partial charge in [-0.15, -0.1) is 3.63 Å². The predicted molar refractivity (Wildman–Crippen MR) is 89.4 cm³/mol. The standard InChI is InChI=1S/C14H16O7S2.H3N/c1-4-12-5-7-13(8-6-12)23(18,19)21-22(16,17)10-9-20-14(15)11(2)3;/h4-8H,1-2,9-10H2,3H3;1H3. The van der Waals surface area contributed by atoms with Crippen LogP contribution in [0, 0.1) is 0 Å². The van der Waals surface area contributed by atoms with Crippen LogP contribution in [0.15, 0.2) is 47.9 Å². The van der Waals surface area contributed by atoms with E-state index in [0.29, 0.717) is 5.56 Å². The summed E-state index contributed by atoms with van der Waals surface area (Å²) in [6.45, 7) is 7.69. The summed E-state index contributed by atoms with van der Waals surface area (Å²) in [4.78, 5) is 10.8. The first-order valence-corrected chi connectivity index (χ1v) is 9.30. The summed E-state index contributed by atoms with van der Waals surface area (Å²) in [5, 5.41) is 0. The summed E-state index contributed by atoms with van der Waals surface area (Å²) in [5.41, 5.74) is 0.761. The Morgan fingerprint density at radius 1 is 1.17 bits per heavy atom. The highest BCUT2D eigenvalue weighted by atomic mass is 32.3. The van der Waals surface area contributed by atoms with Crippen molar-refractivity contribution in [2.24, 2.45) is 0 Å². The zero-order valence-electron chi connectivity index (χ0n) is 13.1. The molecule has 1 aromatic carbocycles. The molecule has 10 heteroatoms. The lowest BCUT2D eigenvalue weighted by Crippen LogP contribution is -2.21. The Morgan fingerprint density at radius 2 is 1.71 bits per heavy atom. The van der Waals surface area contributed by atoms with E-state index in [-0.39, 0.29) is 16.6 Å². The van der Waals surface area contributed by atoms with Gasteiger partial charge in [-0.25, -0.2) is 4.79 Å². The van der Waals surface area contributed by atoms with Crippen molar-refractivity contribution in [2.45, 2.75) is 11.8 Å². The van der Waals surface area contributed by atoms with Crippen LogP contribution in [0.5, 0.6) is 0 Å². The molecule has 24 heavy (non-hydrogen) atoms. The van der Waals surface area contributed by atoms with Gasteiger partial charge in [0.05, 0.1) is 4.90 Å². The first-order chi connectivity index (χ1) is 10.6. The molecule has 0 amide bonds. The molecular weight excluding hydrogens is 358 g/mol. The molecule has 0 fully saturated rings. The highest BCUT2D eigenvalue weighted by Gasteiger charge is 2.25. The van der Waals surface area contributed by atoms with Gasteiger partial charge >= 0.3 is 16.1 Å². The summed E-state index contributed by atoms with van der Waals surface area (Å²) in [6.07, 6.45) is 1.50. The van der Waals surface area contributed by atoms with E-state index in [9.17, 15) is 21.6 Å². The SMILES string of the molecule is C=Cc1ccc(S(=O)(=O)OS(=O)(=O)CCOC(=O)C(=C)C)cc1.N. The van der Waals surface area contributed by atoms with Crippen LogP contribution in [0.3, 0.4) is 0 Å². The van der Waals surface area contributed by atoms with Crippen molar-refractivity contribution in [3.63, 3.8) is 0 Å². The number of carbonyl (C=O) groups is 1. The Morgan fingerprint density at radius 3 is 2.17 bits per heavy atom. The second-order valence-electron chi connectivity index (χ2n) is 4.47. The highest BCUT2D eigenvalue weighted by molar-refractivity contribution is 7.99. The zero-order valence-corrected chi connectivity index (χ0v) is 14.7. The summed E-state index contributed by atoms with van der Waals surface area (Å²) in [7, 11) is -8.93. The first-order valence-electron chi connectivity index (χ1n) is 6.31. The third kappa shape index (κ3) is 6.62. The molecule has 0 heterocycles. The number of carbonyl (C=O) groups excluding carboxylic acids is 1. The minimum atomic E-state index is -4.49. The number of esters is 1. The van der Waals surface area contributed by atoms with Crippen LogP contribution in [-0.2, 0) is 33.4 Å². The highest BCUT2D eigenvalue weighted by Crippen LogP contribution is 2.16. The van der Waals surface area contributed by atoms with Gasteiger partial charge in [-0.2, -0.15) is 16.8 Å². The molecule has 0 unspecified atom stereocenters. The molecule has 0 aromatic heterocycles. The molecular formula is C14H19NO7S2. The maximum absolute atomic E-state index is 11.9. The van der Waals surface area contributed by atoms with Crippen LogP contribution in [0.2, 0.25) is 0 Å². The number of ether oxygens (including phenoxy) is 1. The van der Waals surface area contributed by atoms with E-state index >= 15 is 0 Å². The summed E-state index contributed by atoms with van der Waals surface area (Å²) in [5.74, 6) is -1.57. The first kappa shape index (κ1) is 22.0.